The summed E-state index contributed by atoms with van der Waals surface area (Å²) in [4.78, 5) is 13.7. The fourth-order valence-corrected chi connectivity index (χ4v) is 3.72. The van der Waals surface area contributed by atoms with Gasteiger partial charge in [-0.3, -0.25) is 0 Å². The van der Waals surface area contributed by atoms with E-state index < -0.39 is 5.67 Å². The van der Waals surface area contributed by atoms with Crippen LogP contribution in [0.2, 0.25) is 0 Å². The molecule has 0 spiro atoms. The summed E-state index contributed by atoms with van der Waals surface area (Å²) in [6.45, 7) is 6.34. The summed E-state index contributed by atoms with van der Waals surface area (Å²) in [5, 5.41) is 0. The lowest BCUT2D eigenvalue weighted by Gasteiger charge is -2.34. The molecule has 5 heteroatoms. The van der Waals surface area contributed by atoms with E-state index in [4.69, 9.17) is 9.47 Å². The summed E-state index contributed by atoms with van der Waals surface area (Å²) in [7, 11) is 1.38. The van der Waals surface area contributed by atoms with Crippen LogP contribution in [0.5, 0.6) is 5.75 Å². The Kier molecular flexibility index (Phi) is 6.91. The molecule has 0 N–H and O–H groups in total. The highest BCUT2D eigenvalue weighted by Crippen LogP contribution is 2.25. The Morgan fingerprint density at radius 2 is 1.59 bits per heavy atom. The SMILES string of the molecule is COC(=O)c1ccc(-c2ccc(OCC3CCN(CC(C)(C)F)CC3)cc2)cc1. The molecule has 0 aliphatic carbocycles. The molecule has 1 aliphatic rings. The van der Waals surface area contributed by atoms with Gasteiger partial charge >= 0.3 is 5.97 Å². The van der Waals surface area contributed by atoms with Crippen molar-refractivity contribution >= 4 is 5.97 Å². The van der Waals surface area contributed by atoms with E-state index in [1.807, 2.05) is 36.4 Å². The predicted molar refractivity (Wildman–Crippen MR) is 113 cm³/mol. The van der Waals surface area contributed by atoms with Crippen molar-refractivity contribution in [1.82, 2.24) is 4.90 Å². The van der Waals surface area contributed by atoms with Gasteiger partial charge in [-0.15, -0.1) is 0 Å². The van der Waals surface area contributed by atoms with E-state index in [1.54, 1.807) is 26.0 Å². The van der Waals surface area contributed by atoms with E-state index in [2.05, 4.69) is 4.90 Å². The maximum atomic E-state index is 13.8. The molecule has 1 aliphatic heterocycles. The molecule has 4 nitrogen and oxygen atoms in total. The molecule has 1 heterocycles. The number of halogens is 1. The Balaban J connectivity index is 1.48. The summed E-state index contributed by atoms with van der Waals surface area (Å²) in [5.74, 6) is 1.03. The van der Waals surface area contributed by atoms with Crippen LogP contribution in [0.3, 0.4) is 0 Å². The smallest absolute Gasteiger partial charge is 0.337 e. The van der Waals surface area contributed by atoms with E-state index in [-0.39, 0.29) is 5.97 Å². The molecule has 2 aromatic rings. The molecular formula is C24H30FNO3. The number of nitrogens with zero attached hydrogens (tertiary/aromatic N) is 1. The van der Waals surface area contributed by atoms with Crippen LogP contribution in [0.25, 0.3) is 11.1 Å². The van der Waals surface area contributed by atoms with Crippen LogP contribution in [0, 0.1) is 5.92 Å². The van der Waals surface area contributed by atoms with Crippen molar-refractivity contribution in [2.45, 2.75) is 32.4 Å². The van der Waals surface area contributed by atoms with Gasteiger partial charge in [-0.25, -0.2) is 9.18 Å². The van der Waals surface area contributed by atoms with Gasteiger partial charge in [0.15, 0.2) is 0 Å². The number of rotatable bonds is 7. The lowest BCUT2D eigenvalue weighted by molar-refractivity contribution is 0.0600. The van der Waals surface area contributed by atoms with Crippen molar-refractivity contribution in [2.24, 2.45) is 5.92 Å². The fraction of sp³-hybridized carbons (Fsp3) is 0.458. The monoisotopic (exact) mass is 399 g/mol. The average molecular weight is 400 g/mol. The van der Waals surface area contributed by atoms with Gasteiger partial charge in [0.1, 0.15) is 11.4 Å². The Morgan fingerprint density at radius 3 is 2.10 bits per heavy atom. The zero-order chi connectivity index (χ0) is 20.9. The number of likely N-dealkylation sites (tertiary alicyclic amines) is 1. The number of benzene rings is 2. The summed E-state index contributed by atoms with van der Waals surface area (Å²) in [6, 6.07) is 15.4. The van der Waals surface area contributed by atoms with Gasteiger partial charge in [-0.1, -0.05) is 24.3 Å². The predicted octanol–water partition coefficient (Wildman–Crippen LogP) is 4.98. The van der Waals surface area contributed by atoms with Crippen molar-refractivity contribution in [3.8, 4) is 16.9 Å². The summed E-state index contributed by atoms with van der Waals surface area (Å²) >= 11 is 0. The molecule has 0 unspecified atom stereocenters. The number of carbonyl (C=O) groups excluding carboxylic acids is 1. The second-order valence-electron chi connectivity index (χ2n) is 8.34. The Bertz CT molecular complexity index is 788. The Labute approximate surface area is 172 Å². The van der Waals surface area contributed by atoms with E-state index in [9.17, 15) is 9.18 Å². The van der Waals surface area contributed by atoms with Crippen LogP contribution in [-0.4, -0.2) is 49.9 Å². The minimum atomic E-state index is -1.13. The van der Waals surface area contributed by atoms with Crippen molar-refractivity contribution in [2.75, 3.05) is 33.4 Å². The zero-order valence-corrected chi connectivity index (χ0v) is 17.5. The molecule has 0 radical (unpaired) electrons. The summed E-state index contributed by atoms with van der Waals surface area (Å²) < 4.78 is 24.5. The molecule has 1 saturated heterocycles. The third kappa shape index (κ3) is 6.29. The number of piperidine rings is 1. The molecule has 29 heavy (non-hydrogen) atoms. The first-order valence-corrected chi connectivity index (χ1v) is 10.2. The largest absolute Gasteiger partial charge is 0.493 e. The van der Waals surface area contributed by atoms with Gasteiger partial charge in [0.05, 0.1) is 19.3 Å². The minimum absolute atomic E-state index is 0.334. The van der Waals surface area contributed by atoms with Crippen molar-refractivity contribution in [3.05, 3.63) is 54.1 Å². The molecule has 156 valence electrons. The lowest BCUT2D eigenvalue weighted by atomic mass is 9.97. The molecule has 0 aromatic heterocycles. The van der Waals surface area contributed by atoms with Crippen LogP contribution in [0.15, 0.2) is 48.5 Å². The van der Waals surface area contributed by atoms with Gasteiger partial charge < -0.3 is 14.4 Å². The van der Waals surface area contributed by atoms with Crippen LogP contribution in [-0.2, 0) is 4.74 Å². The topological polar surface area (TPSA) is 38.8 Å². The standard InChI is InChI=1S/C24H30FNO3/c1-24(2,25)17-26-14-12-18(13-15-26)16-29-22-10-8-20(9-11-22)19-4-6-21(7-5-19)23(27)28-3/h4-11,18H,12-17H2,1-3H3. The van der Waals surface area contributed by atoms with Gasteiger partial charge in [0.25, 0.3) is 0 Å². The second kappa shape index (κ2) is 9.40. The first-order chi connectivity index (χ1) is 13.8. The summed E-state index contributed by atoms with van der Waals surface area (Å²) in [6.07, 6.45) is 2.08. The van der Waals surface area contributed by atoms with Crippen LogP contribution in [0.4, 0.5) is 4.39 Å². The first-order valence-electron chi connectivity index (χ1n) is 10.2. The third-order valence-electron chi connectivity index (χ3n) is 5.29. The number of methoxy groups -OCH3 is 1. The molecule has 1 fully saturated rings. The lowest BCUT2D eigenvalue weighted by Crippen LogP contribution is -2.41. The Morgan fingerprint density at radius 1 is 1.03 bits per heavy atom. The molecule has 0 atom stereocenters. The number of carbonyl (C=O) groups is 1. The van der Waals surface area contributed by atoms with Crippen molar-refractivity contribution < 1.29 is 18.7 Å². The minimum Gasteiger partial charge on any atom is -0.493 e. The van der Waals surface area contributed by atoms with Gasteiger partial charge in [-0.05, 0) is 81.1 Å². The van der Waals surface area contributed by atoms with Crippen LogP contribution < -0.4 is 4.74 Å². The number of hydrogen-bond donors (Lipinski definition) is 0. The molecule has 2 aromatic carbocycles. The highest BCUT2D eigenvalue weighted by molar-refractivity contribution is 5.89. The van der Waals surface area contributed by atoms with E-state index in [0.717, 1.165) is 42.8 Å². The second-order valence-corrected chi connectivity index (χ2v) is 8.34. The highest BCUT2D eigenvalue weighted by Gasteiger charge is 2.25. The van der Waals surface area contributed by atoms with Crippen LogP contribution >= 0.6 is 0 Å². The van der Waals surface area contributed by atoms with Gasteiger partial charge in [0, 0.05) is 6.54 Å². The molecular weight excluding hydrogens is 369 g/mol. The van der Waals surface area contributed by atoms with Gasteiger partial charge in [0.2, 0.25) is 0 Å². The number of hydrogen-bond acceptors (Lipinski definition) is 4. The van der Waals surface area contributed by atoms with E-state index >= 15 is 0 Å². The third-order valence-corrected chi connectivity index (χ3v) is 5.29. The molecule has 0 amide bonds. The number of ether oxygens (including phenoxy) is 2. The zero-order valence-electron chi connectivity index (χ0n) is 17.5. The highest BCUT2D eigenvalue weighted by atomic mass is 19.1. The van der Waals surface area contributed by atoms with Crippen LogP contribution in [0.1, 0.15) is 37.0 Å². The Hall–Kier alpha value is -2.40. The van der Waals surface area contributed by atoms with Gasteiger partial charge in [-0.2, -0.15) is 0 Å². The number of alkyl halides is 1. The fourth-order valence-electron chi connectivity index (χ4n) is 3.72. The van der Waals surface area contributed by atoms with E-state index in [1.165, 1.54) is 7.11 Å². The maximum Gasteiger partial charge on any atom is 0.337 e. The number of esters is 1. The maximum absolute atomic E-state index is 13.8. The quantitative estimate of drug-likeness (QED) is 0.616. The van der Waals surface area contributed by atoms with Crippen molar-refractivity contribution in [1.29, 1.82) is 0 Å². The molecule has 0 saturated carbocycles. The van der Waals surface area contributed by atoms with E-state index in [0.29, 0.717) is 24.6 Å². The first kappa shape index (κ1) is 21.3. The molecule has 3 rings (SSSR count). The normalized spacial score (nSPS) is 15.9. The van der Waals surface area contributed by atoms with Crippen molar-refractivity contribution in [3.63, 3.8) is 0 Å². The average Bonchev–Trinajstić information content (AvgIpc) is 2.72. The molecule has 0 bridgehead atoms. The summed E-state index contributed by atoms with van der Waals surface area (Å²) in [5.41, 5.74) is 1.51.